The van der Waals surface area contributed by atoms with Gasteiger partial charge >= 0.3 is 0 Å². The highest BCUT2D eigenvalue weighted by molar-refractivity contribution is 5.92. The zero-order valence-corrected chi connectivity index (χ0v) is 16.2. The van der Waals surface area contributed by atoms with Crippen molar-refractivity contribution in [1.82, 2.24) is 20.2 Å². The molecule has 4 aromatic rings. The lowest BCUT2D eigenvalue weighted by Crippen LogP contribution is -2.46. The third-order valence-corrected chi connectivity index (χ3v) is 5.44. The molecule has 0 atom stereocenters. The van der Waals surface area contributed by atoms with Crippen LogP contribution >= 0.6 is 0 Å². The van der Waals surface area contributed by atoms with Crippen molar-refractivity contribution in [1.29, 1.82) is 0 Å². The van der Waals surface area contributed by atoms with Gasteiger partial charge in [-0.15, -0.1) is 0 Å². The van der Waals surface area contributed by atoms with Crippen LogP contribution in [0.3, 0.4) is 0 Å². The quantitative estimate of drug-likeness (QED) is 0.557. The van der Waals surface area contributed by atoms with Crippen molar-refractivity contribution in [3.05, 3.63) is 61.2 Å². The van der Waals surface area contributed by atoms with E-state index in [1.165, 1.54) is 5.69 Å². The number of nitrogens with zero attached hydrogens (tertiary/aromatic N) is 5. The lowest BCUT2D eigenvalue weighted by molar-refractivity contribution is 0.414. The molecule has 1 aliphatic heterocycles. The first kappa shape index (κ1) is 19.7. The molecule has 5 rings (SSSR count). The molecule has 0 aliphatic carbocycles. The fraction of sp³-hybridized carbons (Fsp3) is 0.261. The fourth-order valence-corrected chi connectivity index (χ4v) is 3.87. The van der Waals surface area contributed by atoms with Crippen molar-refractivity contribution in [3.8, 4) is 16.9 Å². The molecule has 0 spiro atoms. The van der Waals surface area contributed by atoms with Gasteiger partial charge in [-0.2, -0.15) is 5.10 Å². The summed E-state index contributed by atoms with van der Waals surface area (Å²) in [5, 5.41) is 8.01. The highest BCUT2D eigenvalue weighted by Crippen LogP contribution is 2.30. The second kappa shape index (κ2) is 8.41. The summed E-state index contributed by atoms with van der Waals surface area (Å²) in [5.74, 6) is 1.88. The molecular formula is C23H26N6O. The van der Waals surface area contributed by atoms with Crippen LogP contribution in [0, 0.1) is 0 Å². The first-order chi connectivity index (χ1) is 14.3. The van der Waals surface area contributed by atoms with E-state index in [0.717, 1.165) is 59.8 Å². The minimum atomic E-state index is 0. The molecule has 7 nitrogen and oxygen atoms in total. The maximum Gasteiger partial charge on any atom is 0.140 e. The lowest BCUT2D eigenvalue weighted by atomic mass is 10.1. The highest BCUT2D eigenvalue weighted by atomic mass is 16.5. The minimum Gasteiger partial charge on any atom is -0.497 e. The second-order valence-electron chi connectivity index (χ2n) is 7.09. The predicted molar refractivity (Wildman–Crippen MR) is 121 cm³/mol. The Morgan fingerprint density at radius 3 is 2.53 bits per heavy atom. The van der Waals surface area contributed by atoms with Crippen molar-refractivity contribution in [2.75, 3.05) is 43.1 Å². The SMILES string of the molecule is C.COc1cccc(N2CCN(c3ncnc4ccc(-c5cn[nH]c5)cc34)CC2)c1. The number of piperazine rings is 1. The van der Waals surface area contributed by atoms with E-state index in [-0.39, 0.29) is 7.43 Å². The van der Waals surface area contributed by atoms with Crippen LogP contribution in [0.1, 0.15) is 7.43 Å². The Morgan fingerprint density at radius 1 is 0.933 bits per heavy atom. The number of aromatic amines is 1. The Bertz CT molecular complexity index is 1120. The fourth-order valence-electron chi connectivity index (χ4n) is 3.87. The van der Waals surface area contributed by atoms with E-state index in [4.69, 9.17) is 4.74 Å². The number of ether oxygens (including phenoxy) is 1. The van der Waals surface area contributed by atoms with E-state index in [1.54, 1.807) is 13.4 Å². The molecule has 2 aromatic carbocycles. The summed E-state index contributed by atoms with van der Waals surface area (Å²) in [6.45, 7) is 3.67. The Labute approximate surface area is 176 Å². The van der Waals surface area contributed by atoms with Gasteiger partial charge in [-0.3, -0.25) is 5.10 Å². The van der Waals surface area contributed by atoms with E-state index in [0.29, 0.717) is 0 Å². The summed E-state index contributed by atoms with van der Waals surface area (Å²) in [6.07, 6.45) is 5.39. The van der Waals surface area contributed by atoms with Gasteiger partial charge in [0.15, 0.2) is 0 Å². The number of aromatic nitrogens is 4. The van der Waals surface area contributed by atoms with Gasteiger partial charge in [-0.1, -0.05) is 19.6 Å². The second-order valence-corrected chi connectivity index (χ2v) is 7.09. The summed E-state index contributed by atoms with van der Waals surface area (Å²) < 4.78 is 5.37. The molecule has 1 fully saturated rings. The van der Waals surface area contributed by atoms with Crippen LogP contribution in [-0.4, -0.2) is 53.5 Å². The van der Waals surface area contributed by atoms with Crippen molar-refractivity contribution in [2.45, 2.75) is 7.43 Å². The van der Waals surface area contributed by atoms with Gasteiger partial charge in [-0.05, 0) is 29.8 Å². The number of benzene rings is 2. The Morgan fingerprint density at radius 2 is 1.77 bits per heavy atom. The molecule has 2 aromatic heterocycles. The molecule has 30 heavy (non-hydrogen) atoms. The smallest absolute Gasteiger partial charge is 0.140 e. The molecular weight excluding hydrogens is 376 g/mol. The molecule has 7 heteroatoms. The Balaban J connectivity index is 0.00000218. The summed E-state index contributed by atoms with van der Waals surface area (Å²) in [4.78, 5) is 13.8. The minimum absolute atomic E-state index is 0. The molecule has 1 saturated heterocycles. The van der Waals surface area contributed by atoms with Crippen LogP contribution < -0.4 is 14.5 Å². The topological polar surface area (TPSA) is 70.2 Å². The van der Waals surface area contributed by atoms with E-state index >= 15 is 0 Å². The molecule has 0 saturated carbocycles. The van der Waals surface area contributed by atoms with Crippen LogP contribution in [0.4, 0.5) is 11.5 Å². The number of hydrogen-bond acceptors (Lipinski definition) is 6. The van der Waals surface area contributed by atoms with Crippen molar-refractivity contribution in [3.63, 3.8) is 0 Å². The third-order valence-electron chi connectivity index (χ3n) is 5.44. The highest BCUT2D eigenvalue weighted by Gasteiger charge is 2.20. The number of methoxy groups -OCH3 is 1. The summed E-state index contributed by atoms with van der Waals surface area (Å²) in [7, 11) is 1.70. The summed E-state index contributed by atoms with van der Waals surface area (Å²) in [5.41, 5.74) is 4.32. The molecule has 1 aliphatic rings. The van der Waals surface area contributed by atoms with Gasteiger partial charge in [0.25, 0.3) is 0 Å². The first-order valence-corrected chi connectivity index (χ1v) is 9.70. The molecule has 0 unspecified atom stereocenters. The average Bonchev–Trinajstić information content (AvgIpc) is 3.33. The van der Waals surface area contributed by atoms with Crippen LogP contribution in [-0.2, 0) is 0 Å². The van der Waals surface area contributed by atoms with Gasteiger partial charge in [0.2, 0.25) is 0 Å². The van der Waals surface area contributed by atoms with Crippen LogP contribution in [0.25, 0.3) is 22.0 Å². The normalized spacial score (nSPS) is 13.9. The van der Waals surface area contributed by atoms with Gasteiger partial charge in [0.05, 0.1) is 18.8 Å². The number of H-pyrrole nitrogens is 1. The molecule has 3 heterocycles. The zero-order valence-electron chi connectivity index (χ0n) is 16.2. The summed E-state index contributed by atoms with van der Waals surface area (Å²) in [6, 6.07) is 14.5. The van der Waals surface area contributed by atoms with E-state index in [9.17, 15) is 0 Å². The molecule has 0 bridgehead atoms. The monoisotopic (exact) mass is 402 g/mol. The number of nitrogens with one attached hydrogen (secondary N) is 1. The zero-order chi connectivity index (χ0) is 19.6. The van der Waals surface area contributed by atoms with E-state index in [2.05, 4.69) is 60.3 Å². The van der Waals surface area contributed by atoms with E-state index in [1.807, 2.05) is 24.5 Å². The maximum atomic E-state index is 5.37. The van der Waals surface area contributed by atoms with Gasteiger partial charge in [0.1, 0.15) is 17.9 Å². The largest absolute Gasteiger partial charge is 0.497 e. The molecule has 154 valence electrons. The first-order valence-electron chi connectivity index (χ1n) is 9.70. The molecule has 0 amide bonds. The van der Waals surface area contributed by atoms with Crippen molar-refractivity contribution in [2.24, 2.45) is 0 Å². The van der Waals surface area contributed by atoms with Gasteiger partial charge in [0, 0.05) is 55.1 Å². The van der Waals surface area contributed by atoms with Gasteiger partial charge in [-0.25, -0.2) is 9.97 Å². The Kier molecular flexibility index (Phi) is 5.52. The number of fused-ring (bicyclic) bond motifs is 1. The third kappa shape index (κ3) is 3.66. The lowest BCUT2D eigenvalue weighted by Gasteiger charge is -2.37. The predicted octanol–water partition coefficient (Wildman–Crippen LogP) is 3.99. The van der Waals surface area contributed by atoms with Gasteiger partial charge < -0.3 is 14.5 Å². The number of hydrogen-bond donors (Lipinski definition) is 1. The number of rotatable bonds is 4. The maximum absolute atomic E-state index is 5.37. The molecule has 1 N–H and O–H groups in total. The van der Waals surface area contributed by atoms with Crippen molar-refractivity contribution < 1.29 is 4.74 Å². The Hall–Kier alpha value is -3.61. The standard InChI is InChI=1S/C22H22N6O.CH4/c1-29-19-4-2-3-18(12-19)27-7-9-28(10-8-27)22-20-11-16(17-13-25-26-14-17)5-6-21(20)23-15-24-22;/h2-6,11-15H,7-10H2,1H3,(H,25,26);1H4. The van der Waals surface area contributed by atoms with Crippen LogP contribution in [0.5, 0.6) is 5.75 Å². The summed E-state index contributed by atoms with van der Waals surface area (Å²) >= 11 is 0. The van der Waals surface area contributed by atoms with Crippen LogP contribution in [0.15, 0.2) is 61.2 Å². The van der Waals surface area contributed by atoms with Crippen LogP contribution in [0.2, 0.25) is 0 Å². The van der Waals surface area contributed by atoms with Crippen molar-refractivity contribution >= 4 is 22.4 Å². The van der Waals surface area contributed by atoms with E-state index < -0.39 is 0 Å². The average molecular weight is 403 g/mol. The number of anilines is 2. The molecule has 0 radical (unpaired) electrons.